The molecule has 1 amide bonds. The highest BCUT2D eigenvalue weighted by atomic mass is 16.1. The van der Waals surface area contributed by atoms with Crippen molar-refractivity contribution in [3.8, 4) is 0 Å². The van der Waals surface area contributed by atoms with Crippen LogP contribution >= 0.6 is 0 Å². The molecule has 1 aliphatic heterocycles. The number of nitrogens with one attached hydrogen (secondary N) is 1. The third-order valence-corrected chi connectivity index (χ3v) is 2.66. The number of hydrogen-bond acceptors (Lipinski definition) is 1. The Morgan fingerprint density at radius 2 is 1.94 bits per heavy atom. The summed E-state index contributed by atoms with van der Waals surface area (Å²) in [4.78, 5) is 11.0. The van der Waals surface area contributed by atoms with E-state index in [0.717, 1.165) is 12.1 Å². The van der Waals surface area contributed by atoms with Gasteiger partial charge in [0.15, 0.2) is 0 Å². The molecule has 16 heavy (non-hydrogen) atoms. The number of amides is 1. The lowest BCUT2D eigenvalue weighted by molar-refractivity contribution is -0.116. The number of hydrogen-bond donors (Lipinski definition) is 1. The Labute approximate surface area is 99.5 Å². The fourth-order valence-electron chi connectivity index (χ4n) is 1.51. The molecule has 0 spiro atoms. The maximum absolute atomic E-state index is 11.0. The Morgan fingerprint density at radius 3 is 2.56 bits per heavy atom. The zero-order chi connectivity index (χ0) is 12.0. The number of anilines is 1. The van der Waals surface area contributed by atoms with Crippen molar-refractivity contribution in [3.05, 3.63) is 29.3 Å². The first-order chi connectivity index (χ1) is 7.67. The van der Waals surface area contributed by atoms with Crippen molar-refractivity contribution in [1.29, 1.82) is 0 Å². The molecule has 1 aromatic carbocycles. The molecule has 0 radical (unpaired) electrons. The maximum atomic E-state index is 11.0. The zero-order valence-electron chi connectivity index (χ0n) is 10.5. The van der Waals surface area contributed by atoms with Crippen LogP contribution in [0.25, 0.3) is 0 Å². The number of rotatable bonds is 1. The van der Waals surface area contributed by atoms with Gasteiger partial charge in [-0.05, 0) is 25.0 Å². The number of carbonyl (C=O) groups excluding carboxylic acids is 1. The maximum Gasteiger partial charge on any atom is 0.224 e. The minimum atomic E-state index is 0. The highest BCUT2D eigenvalue weighted by molar-refractivity contribution is 5.93. The van der Waals surface area contributed by atoms with Gasteiger partial charge in [-0.2, -0.15) is 0 Å². The highest BCUT2D eigenvalue weighted by Gasteiger charge is 2.13. The van der Waals surface area contributed by atoms with Gasteiger partial charge in [0.25, 0.3) is 0 Å². The number of carbonyl (C=O) groups is 1. The summed E-state index contributed by atoms with van der Waals surface area (Å²) < 4.78 is 0. The van der Waals surface area contributed by atoms with E-state index in [1.54, 1.807) is 0 Å². The second kappa shape index (κ2) is 6.31. The molecule has 1 N–H and O–H groups in total. The van der Waals surface area contributed by atoms with E-state index in [9.17, 15) is 4.79 Å². The van der Waals surface area contributed by atoms with Crippen molar-refractivity contribution >= 4 is 11.6 Å². The summed E-state index contributed by atoms with van der Waals surface area (Å²) in [7, 11) is 0. The van der Waals surface area contributed by atoms with Crippen molar-refractivity contribution < 1.29 is 6.22 Å². The molecular weight excluding hydrogens is 198 g/mol. The monoisotopic (exact) mass is 221 g/mol. The number of benzene rings is 1. The smallest absolute Gasteiger partial charge is 0.224 e. The summed E-state index contributed by atoms with van der Waals surface area (Å²) in [6, 6.07) is 6.13. The van der Waals surface area contributed by atoms with Gasteiger partial charge in [-0.25, -0.2) is 0 Å². The topological polar surface area (TPSA) is 29.1 Å². The molecule has 2 rings (SSSR count). The summed E-state index contributed by atoms with van der Waals surface area (Å²) in [5, 5.41) is 2.85. The number of aryl methyl sites for hydroxylation is 2. The van der Waals surface area contributed by atoms with E-state index >= 15 is 0 Å². The van der Waals surface area contributed by atoms with E-state index in [2.05, 4.69) is 32.2 Å². The lowest BCUT2D eigenvalue weighted by atomic mass is 10.0. The lowest BCUT2D eigenvalue weighted by Crippen LogP contribution is -2.18. The van der Waals surface area contributed by atoms with Crippen LogP contribution < -0.4 is 5.32 Å². The molecule has 0 fully saturated rings. The number of unbranched alkanes of at least 4 members (excludes halogenated alkanes) is 1. The molecule has 0 aromatic heterocycles. The quantitative estimate of drug-likeness (QED) is 0.764. The first-order valence-corrected chi connectivity index (χ1v) is 6.06. The second-order valence-corrected chi connectivity index (χ2v) is 4.21. The molecular formula is C14H23NO. The van der Waals surface area contributed by atoms with Crippen LogP contribution in [0.3, 0.4) is 0 Å². The third kappa shape index (κ3) is 3.69. The second-order valence-electron chi connectivity index (χ2n) is 4.21. The molecule has 0 unspecified atom stereocenters. The predicted molar refractivity (Wildman–Crippen MR) is 70.8 cm³/mol. The van der Waals surface area contributed by atoms with Gasteiger partial charge in [0.05, 0.1) is 0 Å². The Kier molecular flexibility index (Phi) is 5.03. The van der Waals surface area contributed by atoms with Crippen molar-refractivity contribution in [2.24, 2.45) is 0 Å². The van der Waals surface area contributed by atoms with Gasteiger partial charge in [0.2, 0.25) is 5.91 Å². The van der Waals surface area contributed by atoms with E-state index in [4.69, 9.17) is 0 Å². The van der Waals surface area contributed by atoms with Gasteiger partial charge in [-0.3, -0.25) is 4.79 Å². The van der Waals surface area contributed by atoms with Crippen LogP contribution in [0, 0.1) is 6.92 Å². The van der Waals surface area contributed by atoms with Crippen LogP contribution in [0.5, 0.6) is 0 Å². The van der Waals surface area contributed by atoms with E-state index in [1.165, 1.54) is 24.0 Å². The van der Waals surface area contributed by atoms with Gasteiger partial charge in [0.1, 0.15) is 0 Å². The van der Waals surface area contributed by atoms with Crippen LogP contribution in [0.15, 0.2) is 18.2 Å². The van der Waals surface area contributed by atoms with Gasteiger partial charge in [-0.1, -0.05) is 44.4 Å². The zero-order valence-corrected chi connectivity index (χ0v) is 10.5. The summed E-state index contributed by atoms with van der Waals surface area (Å²) in [5.41, 5.74) is 3.50. The molecule has 0 aliphatic carbocycles. The molecule has 90 valence electrons. The standard InChI is InChI=1S/C10H11NO.C4H10.H2/c1-7-2-4-9-8(6-7)3-5-10(12)11-9;1-3-4-2;/h2,4,6H,3,5H2,1H3,(H,11,12);3-4H2,1-2H3;1H. The largest absolute Gasteiger partial charge is 0.326 e. The van der Waals surface area contributed by atoms with E-state index in [0.29, 0.717) is 6.42 Å². The molecule has 2 nitrogen and oxygen atoms in total. The molecule has 2 heteroatoms. The summed E-state index contributed by atoms with van der Waals surface area (Å²) in [6.07, 6.45) is 4.14. The predicted octanol–water partition coefficient (Wildman–Crippen LogP) is 3.93. The Bertz CT molecular complexity index is 361. The van der Waals surface area contributed by atoms with Crippen LogP contribution in [0.2, 0.25) is 0 Å². The Morgan fingerprint density at radius 1 is 1.25 bits per heavy atom. The summed E-state index contributed by atoms with van der Waals surface area (Å²) in [6.45, 7) is 6.43. The van der Waals surface area contributed by atoms with Crippen LogP contribution in [-0.4, -0.2) is 5.91 Å². The van der Waals surface area contributed by atoms with Gasteiger partial charge < -0.3 is 5.32 Å². The average molecular weight is 221 g/mol. The van der Waals surface area contributed by atoms with E-state index in [1.807, 2.05) is 12.1 Å². The van der Waals surface area contributed by atoms with Crippen LogP contribution in [0.1, 0.15) is 45.7 Å². The molecule has 1 aliphatic rings. The fourth-order valence-corrected chi connectivity index (χ4v) is 1.51. The lowest BCUT2D eigenvalue weighted by Gasteiger charge is -2.16. The molecule has 0 saturated carbocycles. The molecule has 1 aromatic rings. The van der Waals surface area contributed by atoms with Gasteiger partial charge in [0, 0.05) is 13.5 Å². The van der Waals surface area contributed by atoms with Crippen LogP contribution in [0.4, 0.5) is 5.69 Å². The normalized spacial score (nSPS) is 13.3. The molecule has 0 atom stereocenters. The molecule has 0 saturated heterocycles. The molecule has 0 bridgehead atoms. The minimum Gasteiger partial charge on any atom is -0.326 e. The van der Waals surface area contributed by atoms with Gasteiger partial charge >= 0.3 is 0 Å². The summed E-state index contributed by atoms with van der Waals surface area (Å²) in [5.74, 6) is 0.131. The Balaban J connectivity index is 0.000000453. The van der Waals surface area contributed by atoms with Crippen molar-refractivity contribution in [2.45, 2.75) is 46.5 Å². The molecule has 1 heterocycles. The third-order valence-electron chi connectivity index (χ3n) is 2.66. The summed E-state index contributed by atoms with van der Waals surface area (Å²) >= 11 is 0. The first-order valence-electron chi connectivity index (χ1n) is 6.06. The first kappa shape index (κ1) is 12.8. The van der Waals surface area contributed by atoms with Crippen molar-refractivity contribution in [1.82, 2.24) is 0 Å². The minimum absolute atomic E-state index is 0. The van der Waals surface area contributed by atoms with E-state index < -0.39 is 0 Å². The van der Waals surface area contributed by atoms with Crippen LogP contribution in [-0.2, 0) is 11.2 Å². The Hall–Kier alpha value is -1.31. The van der Waals surface area contributed by atoms with E-state index in [-0.39, 0.29) is 7.33 Å². The number of fused-ring (bicyclic) bond motifs is 1. The average Bonchev–Trinajstić information content (AvgIpc) is 2.30. The SMILES string of the molecule is CCCC.Cc1ccc2c(c1)CCC(=O)N2.[HH]. The van der Waals surface area contributed by atoms with Crippen molar-refractivity contribution in [3.63, 3.8) is 0 Å². The van der Waals surface area contributed by atoms with Crippen molar-refractivity contribution in [2.75, 3.05) is 5.32 Å². The van der Waals surface area contributed by atoms with Gasteiger partial charge in [-0.15, -0.1) is 0 Å². The highest BCUT2D eigenvalue weighted by Crippen LogP contribution is 2.22. The fraction of sp³-hybridized carbons (Fsp3) is 0.500.